The van der Waals surface area contributed by atoms with Crippen LogP contribution in [0.2, 0.25) is 0 Å². The van der Waals surface area contributed by atoms with Gasteiger partial charge in [0.25, 0.3) is 5.91 Å². The van der Waals surface area contributed by atoms with E-state index in [9.17, 15) is 4.79 Å². The van der Waals surface area contributed by atoms with Crippen molar-refractivity contribution in [2.75, 3.05) is 39.3 Å². The summed E-state index contributed by atoms with van der Waals surface area (Å²) in [5, 5.41) is 6.31. The van der Waals surface area contributed by atoms with Gasteiger partial charge >= 0.3 is 0 Å². The van der Waals surface area contributed by atoms with E-state index in [2.05, 4.69) is 15.5 Å². The molecule has 0 unspecified atom stereocenters. The Labute approximate surface area is 144 Å². The first kappa shape index (κ1) is 17.2. The Bertz CT molecular complexity index is 506. The number of carbonyl (C=O) groups excluding carboxylic acids is 1. The lowest BCUT2D eigenvalue weighted by Crippen LogP contribution is -2.36. The minimum Gasteiger partial charge on any atom is -0.494 e. The molecule has 132 valence electrons. The van der Waals surface area contributed by atoms with Crippen LogP contribution < -0.4 is 15.4 Å². The third-order valence-electron chi connectivity index (χ3n) is 4.85. The fraction of sp³-hybridized carbons (Fsp3) is 0.632. The van der Waals surface area contributed by atoms with Gasteiger partial charge in [0.1, 0.15) is 5.75 Å². The first-order valence-corrected chi connectivity index (χ1v) is 9.28. The highest BCUT2D eigenvalue weighted by Crippen LogP contribution is 2.14. The number of amides is 1. The van der Waals surface area contributed by atoms with Crippen LogP contribution in [-0.2, 0) is 0 Å². The van der Waals surface area contributed by atoms with Gasteiger partial charge in [-0.1, -0.05) is 6.42 Å². The molecular weight excluding hydrogens is 302 g/mol. The van der Waals surface area contributed by atoms with Gasteiger partial charge < -0.3 is 20.3 Å². The largest absolute Gasteiger partial charge is 0.494 e. The molecule has 2 aliphatic heterocycles. The third kappa shape index (κ3) is 5.21. The van der Waals surface area contributed by atoms with Crippen LogP contribution in [0.15, 0.2) is 24.3 Å². The summed E-state index contributed by atoms with van der Waals surface area (Å²) in [7, 11) is 0. The number of hydrogen-bond donors (Lipinski definition) is 2. The molecule has 1 atom stereocenters. The van der Waals surface area contributed by atoms with Gasteiger partial charge in [0.05, 0.1) is 6.61 Å². The Morgan fingerprint density at radius 1 is 1.21 bits per heavy atom. The van der Waals surface area contributed by atoms with Gasteiger partial charge in [-0.15, -0.1) is 0 Å². The van der Waals surface area contributed by atoms with Gasteiger partial charge in [0, 0.05) is 24.7 Å². The summed E-state index contributed by atoms with van der Waals surface area (Å²) in [5.74, 6) is 0.841. The summed E-state index contributed by atoms with van der Waals surface area (Å²) in [6.07, 6.45) is 6.10. The van der Waals surface area contributed by atoms with E-state index in [-0.39, 0.29) is 11.9 Å². The van der Waals surface area contributed by atoms with Crippen LogP contribution in [0.5, 0.6) is 5.75 Å². The summed E-state index contributed by atoms with van der Waals surface area (Å²) in [5.41, 5.74) is 0.697. The molecule has 2 heterocycles. The molecule has 3 rings (SSSR count). The first-order chi connectivity index (χ1) is 11.8. The molecule has 0 radical (unpaired) electrons. The molecule has 5 heteroatoms. The molecule has 0 aromatic heterocycles. The number of benzene rings is 1. The number of nitrogens with one attached hydrogen (secondary N) is 2. The van der Waals surface area contributed by atoms with Crippen LogP contribution in [0.1, 0.15) is 42.5 Å². The average Bonchev–Trinajstić information content (AvgIpc) is 3.13. The normalized spacial score (nSPS) is 21.6. The lowest BCUT2D eigenvalue weighted by Gasteiger charge is -2.26. The summed E-state index contributed by atoms with van der Waals surface area (Å²) in [6, 6.07) is 7.73. The van der Waals surface area contributed by atoms with E-state index in [4.69, 9.17) is 4.74 Å². The van der Waals surface area contributed by atoms with Gasteiger partial charge in [0.15, 0.2) is 0 Å². The molecule has 0 bridgehead atoms. The molecule has 5 nitrogen and oxygen atoms in total. The monoisotopic (exact) mass is 331 g/mol. The highest BCUT2D eigenvalue weighted by atomic mass is 16.5. The predicted molar refractivity (Wildman–Crippen MR) is 95.6 cm³/mol. The SMILES string of the molecule is O=C(N[C@H]1CCNC1)c1ccc(OCCCN2CCCCC2)cc1. The van der Waals surface area contributed by atoms with E-state index >= 15 is 0 Å². The van der Waals surface area contributed by atoms with Crippen molar-refractivity contribution in [3.05, 3.63) is 29.8 Å². The van der Waals surface area contributed by atoms with E-state index in [0.29, 0.717) is 5.56 Å². The number of nitrogens with zero attached hydrogens (tertiary/aromatic N) is 1. The number of piperidine rings is 1. The van der Waals surface area contributed by atoms with Crippen LogP contribution >= 0.6 is 0 Å². The fourth-order valence-electron chi connectivity index (χ4n) is 3.41. The summed E-state index contributed by atoms with van der Waals surface area (Å²) in [4.78, 5) is 14.7. The zero-order valence-corrected chi connectivity index (χ0v) is 14.4. The smallest absolute Gasteiger partial charge is 0.251 e. The highest BCUT2D eigenvalue weighted by Gasteiger charge is 2.17. The van der Waals surface area contributed by atoms with E-state index in [0.717, 1.165) is 44.8 Å². The predicted octanol–water partition coefficient (Wildman–Crippen LogP) is 2.03. The Morgan fingerprint density at radius 3 is 2.71 bits per heavy atom. The molecule has 0 aliphatic carbocycles. The van der Waals surface area contributed by atoms with Crippen molar-refractivity contribution < 1.29 is 9.53 Å². The molecule has 2 fully saturated rings. The second-order valence-electron chi connectivity index (χ2n) is 6.79. The molecule has 0 saturated carbocycles. The van der Waals surface area contributed by atoms with Crippen molar-refractivity contribution in [3.63, 3.8) is 0 Å². The maximum atomic E-state index is 12.2. The Kier molecular flexibility index (Phi) is 6.49. The van der Waals surface area contributed by atoms with E-state index in [1.807, 2.05) is 24.3 Å². The van der Waals surface area contributed by atoms with Gasteiger partial charge in [0.2, 0.25) is 0 Å². The quantitative estimate of drug-likeness (QED) is 0.751. The van der Waals surface area contributed by atoms with Crippen molar-refractivity contribution in [3.8, 4) is 5.75 Å². The zero-order valence-electron chi connectivity index (χ0n) is 14.4. The summed E-state index contributed by atoms with van der Waals surface area (Å²) in [6.45, 7) is 6.17. The van der Waals surface area contributed by atoms with Crippen molar-refractivity contribution in [2.24, 2.45) is 0 Å². The summed E-state index contributed by atoms with van der Waals surface area (Å²) >= 11 is 0. The van der Waals surface area contributed by atoms with Crippen molar-refractivity contribution in [2.45, 2.75) is 38.1 Å². The van der Waals surface area contributed by atoms with E-state index in [1.54, 1.807) is 0 Å². The Morgan fingerprint density at radius 2 is 2.00 bits per heavy atom. The van der Waals surface area contributed by atoms with Crippen LogP contribution in [0, 0.1) is 0 Å². The second-order valence-corrected chi connectivity index (χ2v) is 6.79. The molecule has 24 heavy (non-hydrogen) atoms. The van der Waals surface area contributed by atoms with Crippen LogP contribution in [0.25, 0.3) is 0 Å². The molecule has 2 aliphatic rings. The molecule has 1 aromatic rings. The van der Waals surface area contributed by atoms with Crippen molar-refractivity contribution in [1.82, 2.24) is 15.5 Å². The second kappa shape index (κ2) is 9.04. The Hall–Kier alpha value is -1.59. The maximum absolute atomic E-state index is 12.2. The number of ether oxygens (including phenoxy) is 1. The number of hydrogen-bond acceptors (Lipinski definition) is 4. The molecule has 0 spiro atoms. The average molecular weight is 331 g/mol. The molecule has 2 N–H and O–H groups in total. The molecule has 2 saturated heterocycles. The number of rotatable bonds is 7. The lowest BCUT2D eigenvalue weighted by molar-refractivity contribution is 0.0940. The minimum absolute atomic E-state index is 0.000323. The standard InChI is InChI=1S/C19H29N3O2/c23-19(21-17-9-10-20-15-17)16-5-7-18(8-6-16)24-14-4-13-22-11-2-1-3-12-22/h5-8,17,20H,1-4,9-15H2,(H,21,23)/t17-/m0/s1. The van der Waals surface area contributed by atoms with Gasteiger partial charge in [-0.05, 0) is 69.6 Å². The fourth-order valence-corrected chi connectivity index (χ4v) is 3.41. The molecule has 1 aromatic carbocycles. The van der Waals surface area contributed by atoms with Crippen LogP contribution in [0.3, 0.4) is 0 Å². The van der Waals surface area contributed by atoms with E-state index in [1.165, 1.54) is 32.4 Å². The van der Waals surface area contributed by atoms with Gasteiger partial charge in [-0.2, -0.15) is 0 Å². The highest BCUT2D eigenvalue weighted by molar-refractivity contribution is 5.94. The van der Waals surface area contributed by atoms with E-state index < -0.39 is 0 Å². The zero-order chi connectivity index (χ0) is 16.6. The van der Waals surface area contributed by atoms with Gasteiger partial charge in [-0.25, -0.2) is 0 Å². The van der Waals surface area contributed by atoms with Crippen molar-refractivity contribution >= 4 is 5.91 Å². The van der Waals surface area contributed by atoms with Gasteiger partial charge in [-0.3, -0.25) is 4.79 Å². The van der Waals surface area contributed by atoms with Crippen molar-refractivity contribution in [1.29, 1.82) is 0 Å². The minimum atomic E-state index is 0.000323. The van der Waals surface area contributed by atoms with Crippen LogP contribution in [-0.4, -0.2) is 56.2 Å². The Balaban J connectivity index is 1.36. The number of likely N-dealkylation sites (tertiary alicyclic amines) is 1. The third-order valence-corrected chi connectivity index (χ3v) is 4.85. The molecular formula is C19H29N3O2. The van der Waals surface area contributed by atoms with Crippen LogP contribution in [0.4, 0.5) is 0 Å². The lowest BCUT2D eigenvalue weighted by atomic mass is 10.1. The topological polar surface area (TPSA) is 53.6 Å². The molecule has 1 amide bonds. The number of carbonyl (C=O) groups is 1. The maximum Gasteiger partial charge on any atom is 0.251 e. The first-order valence-electron chi connectivity index (χ1n) is 9.28. The summed E-state index contributed by atoms with van der Waals surface area (Å²) < 4.78 is 5.80.